The first-order chi connectivity index (χ1) is 14.1. The van der Waals surface area contributed by atoms with Gasteiger partial charge in [-0.15, -0.1) is 0 Å². The summed E-state index contributed by atoms with van der Waals surface area (Å²) in [5, 5.41) is 3.43. The summed E-state index contributed by atoms with van der Waals surface area (Å²) in [7, 11) is 0. The van der Waals surface area contributed by atoms with E-state index in [-0.39, 0.29) is 17.9 Å². The van der Waals surface area contributed by atoms with E-state index in [1.165, 1.54) is 5.56 Å². The molecular weight excluding hydrogens is 358 g/mol. The number of benzene rings is 3. The van der Waals surface area contributed by atoms with Gasteiger partial charge in [-0.3, -0.25) is 4.79 Å². The van der Waals surface area contributed by atoms with Crippen LogP contribution in [0.15, 0.2) is 84.9 Å². The molecule has 0 aliphatic heterocycles. The third-order valence-corrected chi connectivity index (χ3v) is 5.02. The first kappa shape index (κ1) is 20.8. The third-order valence-electron chi connectivity index (χ3n) is 5.02. The van der Waals surface area contributed by atoms with Gasteiger partial charge < -0.3 is 10.1 Å². The van der Waals surface area contributed by atoms with Crippen LogP contribution in [0.4, 0.5) is 0 Å². The second-order valence-corrected chi connectivity index (χ2v) is 7.48. The molecule has 0 heterocycles. The summed E-state index contributed by atoms with van der Waals surface area (Å²) < 4.78 is 5.80. The van der Waals surface area contributed by atoms with Gasteiger partial charge >= 0.3 is 0 Å². The quantitative estimate of drug-likeness (QED) is 0.470. The first-order valence-electron chi connectivity index (χ1n) is 10.2. The minimum atomic E-state index is -0.225. The fourth-order valence-electron chi connectivity index (χ4n) is 3.32. The highest BCUT2D eigenvalue weighted by Gasteiger charge is 2.17. The van der Waals surface area contributed by atoms with Crippen LogP contribution in [0.3, 0.4) is 0 Å². The van der Waals surface area contributed by atoms with Crippen molar-refractivity contribution in [1.29, 1.82) is 0 Å². The Morgan fingerprint density at radius 3 is 2.03 bits per heavy atom. The van der Waals surface area contributed by atoms with E-state index in [9.17, 15) is 4.79 Å². The largest absolute Gasteiger partial charge is 0.489 e. The molecule has 0 spiro atoms. The average Bonchev–Trinajstić information content (AvgIpc) is 2.77. The highest BCUT2D eigenvalue weighted by molar-refractivity contribution is 5.99. The Kier molecular flexibility index (Phi) is 7.60. The van der Waals surface area contributed by atoms with E-state index >= 15 is 0 Å². The lowest BCUT2D eigenvalue weighted by Crippen LogP contribution is -2.40. The van der Waals surface area contributed by atoms with Crippen molar-refractivity contribution in [2.24, 2.45) is 0 Å². The lowest BCUT2D eigenvalue weighted by molar-refractivity contribution is 0.0944. The maximum atomic E-state index is 12.7. The highest BCUT2D eigenvalue weighted by Crippen LogP contribution is 2.16. The molecule has 0 unspecified atom stereocenters. The minimum absolute atomic E-state index is 0.103. The number of carbonyl (C=O) groups excluding carboxylic acids is 1. The van der Waals surface area contributed by atoms with Crippen molar-refractivity contribution in [3.05, 3.63) is 102 Å². The minimum Gasteiger partial charge on any atom is -0.489 e. The lowest BCUT2D eigenvalue weighted by Gasteiger charge is -2.19. The number of rotatable bonds is 10. The van der Waals surface area contributed by atoms with Crippen LogP contribution in [-0.4, -0.2) is 17.9 Å². The van der Waals surface area contributed by atoms with Crippen LogP contribution in [0.1, 0.15) is 41.8 Å². The Balaban J connectivity index is 1.47. The first-order valence-corrected chi connectivity index (χ1v) is 10.2. The zero-order chi connectivity index (χ0) is 20.5. The molecule has 1 N–H and O–H groups in total. The zero-order valence-corrected chi connectivity index (χ0v) is 17.2. The van der Waals surface area contributed by atoms with Crippen LogP contribution in [-0.2, 0) is 13.0 Å². The molecule has 3 heteroatoms. The lowest BCUT2D eigenvalue weighted by atomic mass is 10.0. The number of ketones is 1. The molecule has 3 nitrogen and oxygen atoms in total. The molecule has 0 fully saturated rings. The number of nitrogens with one attached hydrogen (secondary N) is 1. The third kappa shape index (κ3) is 6.58. The van der Waals surface area contributed by atoms with Crippen LogP contribution < -0.4 is 10.1 Å². The van der Waals surface area contributed by atoms with Gasteiger partial charge in [0.2, 0.25) is 0 Å². The second kappa shape index (κ2) is 10.6. The van der Waals surface area contributed by atoms with Gasteiger partial charge in [0, 0.05) is 11.6 Å². The molecule has 3 aromatic carbocycles. The Labute approximate surface area is 173 Å². The molecule has 0 aromatic heterocycles. The summed E-state index contributed by atoms with van der Waals surface area (Å²) in [6.45, 7) is 4.58. The second-order valence-electron chi connectivity index (χ2n) is 7.48. The number of ether oxygens (including phenoxy) is 1. The molecule has 3 aromatic rings. The van der Waals surface area contributed by atoms with Crippen molar-refractivity contribution >= 4 is 5.78 Å². The van der Waals surface area contributed by atoms with Gasteiger partial charge in [0.15, 0.2) is 5.78 Å². The Hall–Kier alpha value is -2.91. The number of hydrogen-bond donors (Lipinski definition) is 1. The van der Waals surface area contributed by atoms with E-state index in [2.05, 4.69) is 36.5 Å². The summed E-state index contributed by atoms with van der Waals surface area (Å²) in [6.07, 6.45) is 2.00. The molecule has 0 amide bonds. The number of aryl methyl sites for hydroxylation is 1. The van der Waals surface area contributed by atoms with Crippen LogP contribution >= 0.6 is 0 Å². The predicted octanol–water partition coefficient (Wildman–Crippen LogP) is 5.45. The molecule has 0 radical (unpaired) electrons. The van der Waals surface area contributed by atoms with Crippen LogP contribution in [0.5, 0.6) is 5.75 Å². The fourth-order valence-corrected chi connectivity index (χ4v) is 3.32. The standard InChI is InChI=1S/C26H29NO2/c1-20(13-14-22-9-5-3-6-10-22)27-21(2)26(28)24-15-17-25(18-16-24)29-19-23-11-7-4-8-12-23/h3-12,15-18,20-21,27H,13-14,19H2,1-2H3/t20-,21+/m1/s1. The van der Waals surface area contributed by atoms with Crippen LogP contribution in [0, 0.1) is 0 Å². The zero-order valence-electron chi connectivity index (χ0n) is 17.2. The van der Waals surface area contributed by atoms with E-state index in [1.807, 2.05) is 67.6 Å². The Morgan fingerprint density at radius 1 is 0.828 bits per heavy atom. The number of hydrogen-bond acceptors (Lipinski definition) is 3. The molecule has 0 saturated carbocycles. The molecule has 3 rings (SSSR count). The van der Waals surface area contributed by atoms with Gasteiger partial charge in [-0.05, 0) is 62.1 Å². The molecule has 0 saturated heterocycles. The maximum Gasteiger partial charge on any atom is 0.179 e. The molecule has 0 aliphatic carbocycles. The van der Waals surface area contributed by atoms with E-state index < -0.39 is 0 Å². The van der Waals surface area contributed by atoms with Crippen molar-refractivity contribution in [3.8, 4) is 5.75 Å². The van der Waals surface area contributed by atoms with Gasteiger partial charge in [-0.25, -0.2) is 0 Å². The van der Waals surface area contributed by atoms with Gasteiger partial charge in [0.1, 0.15) is 12.4 Å². The van der Waals surface area contributed by atoms with E-state index in [4.69, 9.17) is 4.74 Å². The summed E-state index contributed by atoms with van der Waals surface area (Å²) in [4.78, 5) is 12.7. The summed E-state index contributed by atoms with van der Waals surface area (Å²) in [6, 6.07) is 27.9. The topological polar surface area (TPSA) is 38.3 Å². The van der Waals surface area contributed by atoms with Gasteiger partial charge in [0.25, 0.3) is 0 Å². The van der Waals surface area contributed by atoms with Crippen molar-refractivity contribution in [3.63, 3.8) is 0 Å². The highest BCUT2D eigenvalue weighted by atomic mass is 16.5. The van der Waals surface area contributed by atoms with E-state index in [1.54, 1.807) is 0 Å². The van der Waals surface area contributed by atoms with Crippen LogP contribution in [0.25, 0.3) is 0 Å². The summed E-state index contributed by atoms with van der Waals surface area (Å²) in [5.41, 5.74) is 3.15. The average molecular weight is 388 g/mol. The van der Waals surface area contributed by atoms with Gasteiger partial charge in [-0.1, -0.05) is 60.7 Å². The molecule has 0 bridgehead atoms. The molecule has 29 heavy (non-hydrogen) atoms. The summed E-state index contributed by atoms with van der Waals surface area (Å²) in [5.74, 6) is 0.869. The number of carbonyl (C=O) groups is 1. The van der Waals surface area contributed by atoms with E-state index in [0.29, 0.717) is 12.2 Å². The van der Waals surface area contributed by atoms with Gasteiger partial charge in [0.05, 0.1) is 6.04 Å². The van der Waals surface area contributed by atoms with Crippen LogP contribution in [0.2, 0.25) is 0 Å². The van der Waals surface area contributed by atoms with Crippen molar-refractivity contribution in [1.82, 2.24) is 5.32 Å². The Morgan fingerprint density at radius 2 is 1.41 bits per heavy atom. The van der Waals surface area contributed by atoms with Crippen molar-refractivity contribution in [2.75, 3.05) is 0 Å². The molecule has 2 atom stereocenters. The Bertz CT molecular complexity index is 876. The van der Waals surface area contributed by atoms with Gasteiger partial charge in [-0.2, -0.15) is 0 Å². The van der Waals surface area contributed by atoms with Crippen molar-refractivity contribution in [2.45, 2.75) is 45.4 Å². The van der Waals surface area contributed by atoms with Crippen molar-refractivity contribution < 1.29 is 9.53 Å². The molecular formula is C26H29NO2. The number of Topliss-reactive ketones (excluding diaryl/α,β-unsaturated/α-hetero) is 1. The maximum absolute atomic E-state index is 12.7. The molecule has 150 valence electrons. The smallest absolute Gasteiger partial charge is 0.179 e. The normalized spacial score (nSPS) is 12.9. The van der Waals surface area contributed by atoms with E-state index in [0.717, 1.165) is 24.2 Å². The fraction of sp³-hybridized carbons (Fsp3) is 0.269. The predicted molar refractivity (Wildman–Crippen MR) is 118 cm³/mol. The SMILES string of the molecule is C[C@H](CCc1ccccc1)N[C@@H](C)C(=O)c1ccc(OCc2ccccc2)cc1. The summed E-state index contributed by atoms with van der Waals surface area (Å²) >= 11 is 0. The molecule has 0 aliphatic rings. The monoisotopic (exact) mass is 387 g/mol.